The molecule has 3 rings (SSSR count). The summed E-state index contributed by atoms with van der Waals surface area (Å²) in [7, 11) is 1.66. The normalized spacial score (nSPS) is 11.6. The highest BCUT2D eigenvalue weighted by Gasteiger charge is 2.25. The minimum Gasteiger partial charge on any atom is -0.497 e. The van der Waals surface area contributed by atoms with Crippen molar-refractivity contribution in [2.75, 3.05) is 7.11 Å². The van der Waals surface area contributed by atoms with Gasteiger partial charge in [-0.1, -0.05) is 20.8 Å². The molecule has 23 heavy (non-hydrogen) atoms. The largest absolute Gasteiger partial charge is 0.497 e. The van der Waals surface area contributed by atoms with Gasteiger partial charge in [0.05, 0.1) is 36.7 Å². The molecule has 0 atom stereocenters. The number of ether oxygens (including phenoxy) is 1. The highest BCUT2D eigenvalue weighted by molar-refractivity contribution is 7.15. The minimum atomic E-state index is -0.0882. The van der Waals surface area contributed by atoms with E-state index in [1.54, 1.807) is 18.4 Å². The maximum Gasteiger partial charge on any atom is 0.194 e. The maximum absolute atomic E-state index is 9.25. The molecule has 0 fully saturated rings. The summed E-state index contributed by atoms with van der Waals surface area (Å²) in [6, 6.07) is 10.3. The summed E-state index contributed by atoms with van der Waals surface area (Å²) in [5, 5.41) is 11.3. The average molecular weight is 325 g/mol. The zero-order valence-corrected chi connectivity index (χ0v) is 14.6. The lowest BCUT2D eigenvalue weighted by atomic mass is 9.90. The van der Waals surface area contributed by atoms with Crippen molar-refractivity contribution < 1.29 is 4.74 Å². The second-order valence-electron chi connectivity index (χ2n) is 6.46. The van der Waals surface area contributed by atoms with Gasteiger partial charge in [-0.2, -0.15) is 5.26 Å². The van der Waals surface area contributed by atoms with Crippen molar-refractivity contribution in [3.63, 3.8) is 0 Å². The van der Waals surface area contributed by atoms with Crippen molar-refractivity contribution in [3.05, 3.63) is 41.0 Å². The first-order valence-corrected chi connectivity index (χ1v) is 8.34. The first-order valence-electron chi connectivity index (χ1n) is 7.46. The molecule has 2 heterocycles. The molecule has 0 aliphatic rings. The summed E-state index contributed by atoms with van der Waals surface area (Å²) in [5.41, 5.74) is 4.06. The third kappa shape index (κ3) is 2.71. The summed E-state index contributed by atoms with van der Waals surface area (Å²) >= 11 is 1.61. The summed E-state index contributed by atoms with van der Waals surface area (Å²) < 4.78 is 7.35. The number of methoxy groups -OCH3 is 1. The molecule has 118 valence electrons. The minimum absolute atomic E-state index is 0.0882. The average Bonchev–Trinajstić information content (AvgIpc) is 3.08. The van der Waals surface area contributed by atoms with Gasteiger partial charge in [0.2, 0.25) is 0 Å². The molecular formula is C18H19N3OS. The molecule has 4 nitrogen and oxygen atoms in total. The SMILES string of the molecule is COc1ccc(-c2csc3nc(C(C)(C)C)c(CC#N)n23)cc1. The molecule has 0 bridgehead atoms. The van der Waals surface area contributed by atoms with Gasteiger partial charge in [0.15, 0.2) is 4.96 Å². The number of hydrogen-bond acceptors (Lipinski definition) is 4. The van der Waals surface area contributed by atoms with Crippen molar-refractivity contribution in [1.29, 1.82) is 5.26 Å². The van der Waals surface area contributed by atoms with Crippen LogP contribution in [-0.2, 0) is 11.8 Å². The number of hydrogen-bond donors (Lipinski definition) is 0. The fourth-order valence-electron chi connectivity index (χ4n) is 2.72. The lowest BCUT2D eigenvalue weighted by Gasteiger charge is -2.17. The van der Waals surface area contributed by atoms with E-state index >= 15 is 0 Å². The van der Waals surface area contributed by atoms with Crippen LogP contribution in [0.1, 0.15) is 32.2 Å². The Morgan fingerprint density at radius 1 is 1.26 bits per heavy atom. The van der Waals surface area contributed by atoms with Crippen molar-refractivity contribution in [2.45, 2.75) is 32.6 Å². The van der Waals surface area contributed by atoms with E-state index in [0.29, 0.717) is 6.42 Å². The standard InChI is InChI=1S/C18H19N3OS/c1-18(2,3)16-14(9-10-19)21-15(11-23-17(21)20-16)12-5-7-13(22-4)8-6-12/h5-8,11H,9H2,1-4H3. The smallest absolute Gasteiger partial charge is 0.194 e. The Balaban J connectivity index is 2.22. The molecular weight excluding hydrogens is 306 g/mol. The van der Waals surface area contributed by atoms with Crippen LogP contribution < -0.4 is 4.74 Å². The molecule has 0 spiro atoms. The number of fused-ring (bicyclic) bond motifs is 1. The van der Waals surface area contributed by atoms with Crippen LogP contribution in [0.25, 0.3) is 16.2 Å². The Labute approximate surface area is 140 Å². The van der Waals surface area contributed by atoms with E-state index in [1.807, 2.05) is 24.3 Å². The molecule has 2 aromatic heterocycles. The van der Waals surface area contributed by atoms with Crippen molar-refractivity contribution in [1.82, 2.24) is 9.38 Å². The zero-order chi connectivity index (χ0) is 16.6. The van der Waals surface area contributed by atoms with Crippen LogP contribution in [0.3, 0.4) is 0 Å². The highest BCUT2D eigenvalue weighted by atomic mass is 32.1. The third-order valence-corrected chi connectivity index (χ3v) is 4.63. The van der Waals surface area contributed by atoms with Gasteiger partial charge in [-0.3, -0.25) is 4.40 Å². The number of imidazole rings is 1. The molecule has 0 saturated heterocycles. The van der Waals surface area contributed by atoms with Gasteiger partial charge in [-0.15, -0.1) is 11.3 Å². The van der Waals surface area contributed by atoms with E-state index in [-0.39, 0.29) is 5.41 Å². The molecule has 0 radical (unpaired) electrons. The number of nitriles is 1. The Hall–Kier alpha value is -2.32. The van der Waals surface area contributed by atoms with Crippen LogP contribution in [0, 0.1) is 11.3 Å². The molecule has 3 aromatic rings. The van der Waals surface area contributed by atoms with Gasteiger partial charge >= 0.3 is 0 Å². The fraction of sp³-hybridized carbons (Fsp3) is 0.333. The van der Waals surface area contributed by atoms with Gasteiger partial charge in [0.25, 0.3) is 0 Å². The summed E-state index contributed by atoms with van der Waals surface area (Å²) in [6.45, 7) is 6.40. The number of nitrogens with zero attached hydrogens (tertiary/aromatic N) is 3. The van der Waals surface area contributed by atoms with Crippen LogP contribution >= 0.6 is 11.3 Å². The molecule has 0 amide bonds. The van der Waals surface area contributed by atoms with E-state index in [0.717, 1.165) is 33.4 Å². The van der Waals surface area contributed by atoms with Gasteiger partial charge in [-0.05, 0) is 29.8 Å². The lowest BCUT2D eigenvalue weighted by molar-refractivity contribution is 0.415. The quantitative estimate of drug-likeness (QED) is 0.715. The van der Waals surface area contributed by atoms with Gasteiger partial charge < -0.3 is 4.74 Å². The Morgan fingerprint density at radius 3 is 2.52 bits per heavy atom. The zero-order valence-electron chi connectivity index (χ0n) is 13.8. The van der Waals surface area contributed by atoms with E-state index in [2.05, 4.69) is 36.6 Å². The Kier molecular flexibility index (Phi) is 3.87. The van der Waals surface area contributed by atoms with Gasteiger partial charge in [0, 0.05) is 10.8 Å². The second kappa shape index (κ2) is 5.71. The summed E-state index contributed by atoms with van der Waals surface area (Å²) in [5.74, 6) is 0.832. The van der Waals surface area contributed by atoms with E-state index < -0.39 is 0 Å². The Bertz CT molecular complexity index is 876. The highest BCUT2D eigenvalue weighted by Crippen LogP contribution is 2.34. The molecule has 0 saturated carbocycles. The lowest BCUT2D eigenvalue weighted by Crippen LogP contribution is -2.15. The predicted octanol–water partition coefficient (Wildman–Crippen LogP) is 4.43. The van der Waals surface area contributed by atoms with Gasteiger partial charge in [-0.25, -0.2) is 4.98 Å². The number of benzene rings is 1. The van der Waals surface area contributed by atoms with Crippen LogP contribution in [0.2, 0.25) is 0 Å². The molecule has 0 unspecified atom stereocenters. The number of aromatic nitrogens is 2. The molecule has 0 aliphatic carbocycles. The molecule has 0 aliphatic heterocycles. The first kappa shape index (κ1) is 15.6. The van der Waals surface area contributed by atoms with E-state index in [4.69, 9.17) is 9.72 Å². The summed E-state index contributed by atoms with van der Waals surface area (Å²) in [4.78, 5) is 5.72. The van der Waals surface area contributed by atoms with E-state index in [9.17, 15) is 5.26 Å². The van der Waals surface area contributed by atoms with Crippen molar-refractivity contribution in [2.24, 2.45) is 0 Å². The topological polar surface area (TPSA) is 50.3 Å². The Morgan fingerprint density at radius 2 is 1.96 bits per heavy atom. The van der Waals surface area contributed by atoms with Gasteiger partial charge in [0.1, 0.15) is 5.75 Å². The number of rotatable bonds is 3. The monoisotopic (exact) mass is 325 g/mol. The second-order valence-corrected chi connectivity index (χ2v) is 7.30. The van der Waals surface area contributed by atoms with Crippen molar-refractivity contribution >= 4 is 16.3 Å². The fourth-order valence-corrected chi connectivity index (χ4v) is 3.63. The molecule has 0 N–H and O–H groups in total. The number of thiazole rings is 1. The van der Waals surface area contributed by atoms with Crippen LogP contribution in [0.4, 0.5) is 0 Å². The first-order chi connectivity index (χ1) is 11.0. The summed E-state index contributed by atoms with van der Waals surface area (Å²) in [6.07, 6.45) is 0.355. The van der Waals surface area contributed by atoms with Crippen LogP contribution in [0.15, 0.2) is 29.6 Å². The molecule has 1 aromatic carbocycles. The van der Waals surface area contributed by atoms with E-state index in [1.165, 1.54) is 0 Å². The predicted molar refractivity (Wildman–Crippen MR) is 93.1 cm³/mol. The molecule has 5 heteroatoms. The van der Waals surface area contributed by atoms with Crippen LogP contribution in [-0.4, -0.2) is 16.5 Å². The third-order valence-electron chi connectivity index (χ3n) is 3.80. The maximum atomic E-state index is 9.25. The van der Waals surface area contributed by atoms with Crippen molar-refractivity contribution in [3.8, 4) is 23.1 Å². The van der Waals surface area contributed by atoms with Crippen LogP contribution in [0.5, 0.6) is 5.75 Å².